The van der Waals surface area contributed by atoms with E-state index in [2.05, 4.69) is 30.6 Å². The molecule has 0 saturated carbocycles. The van der Waals surface area contributed by atoms with Crippen LogP contribution in [0.15, 0.2) is 22.7 Å². The fraction of sp³-hybridized carbons (Fsp3) is 0.500. The van der Waals surface area contributed by atoms with Crippen molar-refractivity contribution in [1.82, 2.24) is 30.6 Å². The summed E-state index contributed by atoms with van der Waals surface area (Å²) in [6, 6.07) is 0. The molecule has 0 aromatic carbocycles. The zero-order valence-corrected chi connectivity index (χ0v) is 10.2. The fourth-order valence-electron chi connectivity index (χ4n) is 1.07. The molecule has 6 nitrogen and oxygen atoms in total. The number of aromatic nitrogens is 6. The molecule has 2 heterocycles. The number of aromatic amines is 2. The minimum absolute atomic E-state index is 0.893. The molecule has 0 atom stereocenters. The van der Waals surface area contributed by atoms with Crippen LogP contribution < -0.4 is 0 Å². The topological polar surface area (TPSA) is 83.1 Å². The Kier molecular flexibility index (Phi) is 4.69. The van der Waals surface area contributed by atoms with E-state index in [1.165, 1.54) is 12.7 Å². The van der Waals surface area contributed by atoms with E-state index in [1.54, 1.807) is 29.7 Å². The Morgan fingerprint density at radius 3 is 2.69 bits per heavy atom. The van der Waals surface area contributed by atoms with Crippen LogP contribution in [-0.4, -0.2) is 42.1 Å². The van der Waals surface area contributed by atoms with E-state index in [9.17, 15) is 0 Å². The lowest BCUT2D eigenvalue weighted by molar-refractivity contribution is 0.891. The first-order valence-corrected chi connectivity index (χ1v) is 6.89. The highest BCUT2D eigenvalue weighted by atomic mass is 32.2. The van der Waals surface area contributed by atoms with Gasteiger partial charge in [-0.25, -0.2) is 4.98 Å². The first-order chi connectivity index (χ1) is 7.95. The van der Waals surface area contributed by atoms with E-state index in [0.29, 0.717) is 0 Å². The minimum Gasteiger partial charge on any atom is -0.254 e. The number of H-pyrrole nitrogens is 2. The Balaban J connectivity index is 1.49. The van der Waals surface area contributed by atoms with Crippen molar-refractivity contribution in [3.63, 3.8) is 0 Å². The fourth-order valence-corrected chi connectivity index (χ4v) is 2.65. The summed E-state index contributed by atoms with van der Waals surface area (Å²) in [5.74, 6) is 2.14. The Morgan fingerprint density at radius 2 is 2.00 bits per heavy atom. The highest BCUT2D eigenvalue weighted by molar-refractivity contribution is 7.99. The molecule has 0 aliphatic carbocycles. The molecule has 0 radical (unpaired) electrons. The van der Waals surface area contributed by atoms with Crippen LogP contribution >= 0.6 is 23.5 Å². The second-order valence-electron chi connectivity index (χ2n) is 3.00. The van der Waals surface area contributed by atoms with Gasteiger partial charge in [0.25, 0.3) is 0 Å². The number of nitrogens with one attached hydrogen (secondary N) is 2. The van der Waals surface area contributed by atoms with Crippen molar-refractivity contribution >= 4 is 23.5 Å². The van der Waals surface area contributed by atoms with Crippen LogP contribution in [0.5, 0.6) is 0 Å². The highest BCUT2D eigenvalue weighted by Gasteiger charge is 1.98. The van der Waals surface area contributed by atoms with Crippen molar-refractivity contribution in [3.05, 3.63) is 12.5 Å². The molecule has 2 N–H and O–H groups in total. The summed E-state index contributed by atoms with van der Waals surface area (Å²) in [5.41, 5.74) is 0. The summed E-state index contributed by atoms with van der Waals surface area (Å²) < 4.78 is 0. The van der Waals surface area contributed by atoms with E-state index in [1.807, 2.05) is 0 Å². The van der Waals surface area contributed by atoms with Gasteiger partial charge in [0.1, 0.15) is 11.4 Å². The zero-order valence-electron chi connectivity index (χ0n) is 8.59. The molecule has 2 aromatic rings. The third kappa shape index (κ3) is 3.86. The SMILES string of the molecule is c1n[nH]c(SCCCCSc2cn[nH]n2)n1. The standard InChI is InChI=1S/C8H12N6S2/c1(3-15-7-5-10-14-12-7)2-4-16-8-9-6-11-13-8/h5-6H,1-4H2,(H,9,11,13)(H,10,12,14). The molecule has 0 fully saturated rings. The maximum Gasteiger partial charge on any atom is 0.183 e. The molecule has 8 heteroatoms. The summed E-state index contributed by atoms with van der Waals surface area (Å²) >= 11 is 3.43. The Morgan fingerprint density at radius 1 is 1.12 bits per heavy atom. The second kappa shape index (κ2) is 6.54. The number of hydrogen-bond acceptors (Lipinski definition) is 6. The number of unbranched alkanes of at least 4 members (excludes halogenated alkanes) is 1. The molecule has 0 spiro atoms. The predicted octanol–water partition coefficient (Wildman–Crippen LogP) is 1.59. The van der Waals surface area contributed by atoms with Gasteiger partial charge in [-0.05, 0) is 18.6 Å². The van der Waals surface area contributed by atoms with Crippen molar-refractivity contribution in [3.8, 4) is 0 Å². The molecule has 2 rings (SSSR count). The van der Waals surface area contributed by atoms with Gasteiger partial charge in [0.2, 0.25) is 0 Å². The number of hydrogen-bond donors (Lipinski definition) is 2. The molecule has 0 bridgehead atoms. The normalized spacial score (nSPS) is 10.8. The summed E-state index contributed by atoms with van der Waals surface area (Å²) in [6.45, 7) is 0. The lowest BCUT2D eigenvalue weighted by Gasteiger charge is -1.97. The molecule has 16 heavy (non-hydrogen) atoms. The van der Waals surface area contributed by atoms with Crippen molar-refractivity contribution in [1.29, 1.82) is 0 Å². The average Bonchev–Trinajstić information content (AvgIpc) is 2.96. The third-order valence-corrected chi connectivity index (χ3v) is 3.76. The summed E-state index contributed by atoms with van der Waals surface area (Å²) in [6.07, 6.45) is 5.60. The zero-order chi connectivity index (χ0) is 11.1. The van der Waals surface area contributed by atoms with Gasteiger partial charge in [0.05, 0.1) is 6.20 Å². The van der Waals surface area contributed by atoms with Crippen LogP contribution in [-0.2, 0) is 0 Å². The average molecular weight is 256 g/mol. The van der Waals surface area contributed by atoms with Crippen LogP contribution in [0.2, 0.25) is 0 Å². The van der Waals surface area contributed by atoms with Crippen LogP contribution in [0.1, 0.15) is 12.8 Å². The molecular formula is C8H12N6S2. The van der Waals surface area contributed by atoms with Gasteiger partial charge in [0.15, 0.2) is 5.16 Å². The van der Waals surface area contributed by atoms with Crippen molar-refractivity contribution in [2.24, 2.45) is 0 Å². The first-order valence-electron chi connectivity index (χ1n) is 4.92. The van der Waals surface area contributed by atoms with Crippen LogP contribution in [0.25, 0.3) is 0 Å². The quantitative estimate of drug-likeness (QED) is 0.578. The van der Waals surface area contributed by atoms with Gasteiger partial charge >= 0.3 is 0 Å². The summed E-state index contributed by atoms with van der Waals surface area (Å²) in [4.78, 5) is 4.04. The molecule has 0 unspecified atom stereocenters. The van der Waals surface area contributed by atoms with E-state index < -0.39 is 0 Å². The molecule has 0 saturated heterocycles. The van der Waals surface area contributed by atoms with Gasteiger partial charge in [0, 0.05) is 5.75 Å². The Labute approximate surface area is 101 Å². The second-order valence-corrected chi connectivity index (χ2v) is 5.20. The molecule has 0 aliphatic rings. The van der Waals surface area contributed by atoms with Gasteiger partial charge in [-0.1, -0.05) is 11.8 Å². The van der Waals surface area contributed by atoms with Crippen molar-refractivity contribution < 1.29 is 0 Å². The molecule has 86 valence electrons. The maximum absolute atomic E-state index is 4.04. The largest absolute Gasteiger partial charge is 0.254 e. The monoisotopic (exact) mass is 256 g/mol. The van der Waals surface area contributed by atoms with Gasteiger partial charge in [-0.3, -0.25) is 5.10 Å². The molecule has 0 amide bonds. The van der Waals surface area contributed by atoms with Gasteiger partial charge in [-0.2, -0.15) is 15.4 Å². The van der Waals surface area contributed by atoms with E-state index in [4.69, 9.17) is 0 Å². The molecule has 2 aromatic heterocycles. The van der Waals surface area contributed by atoms with Crippen LogP contribution in [0.3, 0.4) is 0 Å². The van der Waals surface area contributed by atoms with Crippen molar-refractivity contribution in [2.45, 2.75) is 23.0 Å². The number of rotatable bonds is 7. The number of nitrogens with zero attached hydrogens (tertiary/aromatic N) is 4. The molecular weight excluding hydrogens is 244 g/mol. The summed E-state index contributed by atoms with van der Waals surface area (Å²) in [7, 11) is 0. The minimum atomic E-state index is 0.893. The third-order valence-electron chi connectivity index (χ3n) is 1.81. The van der Waals surface area contributed by atoms with Crippen LogP contribution in [0, 0.1) is 0 Å². The predicted molar refractivity (Wildman–Crippen MR) is 63.4 cm³/mol. The van der Waals surface area contributed by atoms with E-state index in [0.717, 1.165) is 28.1 Å². The Hall–Kier alpha value is -1.02. The smallest absolute Gasteiger partial charge is 0.183 e. The lowest BCUT2D eigenvalue weighted by atomic mass is 10.4. The van der Waals surface area contributed by atoms with Gasteiger partial charge < -0.3 is 0 Å². The highest BCUT2D eigenvalue weighted by Crippen LogP contribution is 2.17. The van der Waals surface area contributed by atoms with Gasteiger partial charge in [-0.15, -0.1) is 16.9 Å². The van der Waals surface area contributed by atoms with E-state index >= 15 is 0 Å². The van der Waals surface area contributed by atoms with Crippen LogP contribution in [0.4, 0.5) is 0 Å². The Bertz CT molecular complexity index is 335. The first kappa shape index (κ1) is 11.5. The summed E-state index contributed by atoms with van der Waals surface area (Å²) in [5, 5.41) is 18.8. The van der Waals surface area contributed by atoms with E-state index in [-0.39, 0.29) is 0 Å². The number of thioether (sulfide) groups is 2. The maximum atomic E-state index is 4.04. The molecule has 0 aliphatic heterocycles. The lowest BCUT2D eigenvalue weighted by Crippen LogP contribution is -1.85. The van der Waals surface area contributed by atoms with Crippen molar-refractivity contribution in [2.75, 3.05) is 11.5 Å².